The van der Waals surface area contributed by atoms with Crippen molar-refractivity contribution in [2.24, 2.45) is 0 Å². The van der Waals surface area contributed by atoms with Crippen LogP contribution in [0.5, 0.6) is 11.5 Å². The van der Waals surface area contributed by atoms with E-state index in [-0.39, 0.29) is 11.5 Å². The molecule has 4 nitrogen and oxygen atoms in total. The molecule has 6 heteroatoms. The molecule has 0 N–H and O–H groups in total. The highest BCUT2D eigenvalue weighted by atomic mass is 35.5. The van der Waals surface area contributed by atoms with Crippen molar-refractivity contribution in [3.05, 3.63) is 98.2 Å². The van der Waals surface area contributed by atoms with Gasteiger partial charge in [-0.3, -0.25) is 9.69 Å². The second kappa shape index (κ2) is 8.04. The molecule has 0 saturated heterocycles. The topological polar surface area (TPSA) is 38.8 Å². The molecule has 0 saturated carbocycles. The molecule has 2 aliphatic rings. The number of ketones is 1. The van der Waals surface area contributed by atoms with E-state index in [0.29, 0.717) is 40.2 Å². The number of nitrogens with zero attached hydrogens (tertiary/aromatic N) is 1. The van der Waals surface area contributed by atoms with Crippen molar-refractivity contribution in [3.63, 3.8) is 0 Å². The van der Waals surface area contributed by atoms with E-state index in [0.717, 1.165) is 23.4 Å². The minimum Gasteiger partial charge on any atom is -0.477 e. The summed E-state index contributed by atoms with van der Waals surface area (Å²) in [6.45, 7) is 3.87. The summed E-state index contributed by atoms with van der Waals surface area (Å²) in [7, 11) is 0. The van der Waals surface area contributed by atoms with Crippen LogP contribution in [0.4, 0.5) is 0 Å². The molecule has 2 heterocycles. The van der Waals surface area contributed by atoms with Crippen molar-refractivity contribution in [3.8, 4) is 11.5 Å². The number of hydrogen-bond donors (Lipinski definition) is 0. The first-order valence-electron chi connectivity index (χ1n) is 9.95. The lowest BCUT2D eigenvalue weighted by atomic mass is 10.00. The third-order valence-electron chi connectivity index (χ3n) is 5.53. The summed E-state index contributed by atoms with van der Waals surface area (Å²) in [5, 5.41) is 0.923. The number of carbonyl (C=O) groups is 1. The molecule has 0 bridgehead atoms. The second-order valence-electron chi connectivity index (χ2n) is 7.69. The molecule has 0 atom stereocenters. The molecule has 31 heavy (non-hydrogen) atoms. The highest BCUT2D eigenvalue weighted by Gasteiger charge is 2.33. The predicted molar refractivity (Wildman–Crippen MR) is 122 cm³/mol. The molecule has 0 fully saturated rings. The van der Waals surface area contributed by atoms with E-state index < -0.39 is 0 Å². The Morgan fingerprint density at radius 1 is 1.03 bits per heavy atom. The van der Waals surface area contributed by atoms with E-state index in [1.165, 1.54) is 5.56 Å². The van der Waals surface area contributed by atoms with Gasteiger partial charge in [0, 0.05) is 39.8 Å². The highest BCUT2D eigenvalue weighted by molar-refractivity contribution is 6.37. The van der Waals surface area contributed by atoms with Crippen LogP contribution < -0.4 is 9.47 Å². The van der Waals surface area contributed by atoms with Gasteiger partial charge in [-0.25, -0.2) is 0 Å². The third-order valence-corrected chi connectivity index (χ3v) is 6.19. The summed E-state index contributed by atoms with van der Waals surface area (Å²) >= 11 is 12.5. The average molecular weight is 452 g/mol. The number of halogens is 2. The van der Waals surface area contributed by atoms with Gasteiger partial charge in [0.2, 0.25) is 5.78 Å². The van der Waals surface area contributed by atoms with Crippen LogP contribution in [-0.2, 0) is 13.1 Å². The number of benzene rings is 3. The summed E-state index contributed by atoms with van der Waals surface area (Å²) in [5.74, 6) is 1.34. The molecule has 0 unspecified atom stereocenters. The fourth-order valence-corrected chi connectivity index (χ4v) is 4.53. The quantitative estimate of drug-likeness (QED) is 0.439. The highest BCUT2D eigenvalue weighted by Crippen LogP contribution is 2.43. The van der Waals surface area contributed by atoms with Gasteiger partial charge in [-0.15, -0.1) is 0 Å². The third kappa shape index (κ3) is 3.72. The second-order valence-corrected chi connectivity index (χ2v) is 8.50. The molecule has 3 aromatic rings. The van der Waals surface area contributed by atoms with E-state index in [1.54, 1.807) is 24.3 Å². The van der Waals surface area contributed by atoms with Gasteiger partial charge in [0.25, 0.3) is 0 Å². The van der Waals surface area contributed by atoms with Gasteiger partial charge in [-0.05, 0) is 36.8 Å². The van der Waals surface area contributed by atoms with Gasteiger partial charge in [-0.2, -0.15) is 0 Å². The Morgan fingerprint density at radius 3 is 2.52 bits per heavy atom. The Labute approximate surface area is 190 Å². The van der Waals surface area contributed by atoms with Crippen molar-refractivity contribution in [1.82, 2.24) is 4.90 Å². The maximum atomic E-state index is 13.1. The van der Waals surface area contributed by atoms with Gasteiger partial charge in [0.05, 0.1) is 5.56 Å². The standard InChI is InChI=1S/C25H19Cl2NO3/c1-15-24-17(13-28(14-30-24)12-16-6-3-2-4-7-16)10-19-23(29)22(31-25(15)19)11-18-20(26)8-5-9-21(18)27/h2-11H,12-14H2,1H3/b22-11-. The molecular formula is C25H19Cl2NO3. The molecular weight excluding hydrogens is 433 g/mol. The normalized spacial score (nSPS) is 16.6. The number of Topliss-reactive ketones (excluding diaryl/α,β-unsaturated/α-hetero) is 1. The lowest BCUT2D eigenvalue weighted by molar-refractivity contribution is 0.0876. The van der Waals surface area contributed by atoms with Crippen LogP contribution >= 0.6 is 23.2 Å². The monoisotopic (exact) mass is 451 g/mol. The van der Waals surface area contributed by atoms with E-state index in [1.807, 2.05) is 31.2 Å². The molecule has 0 amide bonds. The number of fused-ring (bicyclic) bond motifs is 2. The first-order chi connectivity index (χ1) is 15.0. The van der Waals surface area contributed by atoms with Crippen molar-refractivity contribution in [1.29, 1.82) is 0 Å². The number of hydrogen-bond acceptors (Lipinski definition) is 4. The summed E-state index contributed by atoms with van der Waals surface area (Å²) < 4.78 is 12.0. The Hall–Kier alpha value is -2.79. The lowest BCUT2D eigenvalue weighted by Gasteiger charge is -2.30. The SMILES string of the molecule is Cc1c2c(cc3c1O/C(=C\c1c(Cl)cccc1Cl)C3=O)CN(Cc1ccccc1)CO2. The molecule has 2 aliphatic heterocycles. The van der Waals surface area contributed by atoms with Gasteiger partial charge in [0.15, 0.2) is 5.76 Å². The summed E-state index contributed by atoms with van der Waals surface area (Å²) in [6.07, 6.45) is 1.61. The fourth-order valence-electron chi connectivity index (χ4n) is 4.02. The zero-order valence-corrected chi connectivity index (χ0v) is 18.3. The van der Waals surface area contributed by atoms with Crippen LogP contribution in [-0.4, -0.2) is 17.4 Å². The number of allylic oxidation sites excluding steroid dienone is 1. The largest absolute Gasteiger partial charge is 0.477 e. The van der Waals surface area contributed by atoms with E-state index in [9.17, 15) is 4.79 Å². The zero-order chi connectivity index (χ0) is 21.5. The molecule has 0 radical (unpaired) electrons. The Kier molecular flexibility index (Phi) is 5.22. The maximum Gasteiger partial charge on any atom is 0.231 e. The van der Waals surface area contributed by atoms with Crippen molar-refractivity contribution < 1.29 is 14.3 Å². The van der Waals surface area contributed by atoms with Crippen molar-refractivity contribution in [2.45, 2.75) is 20.0 Å². The van der Waals surface area contributed by atoms with Gasteiger partial charge in [-0.1, -0.05) is 59.6 Å². The number of carbonyl (C=O) groups excluding carboxylic acids is 1. The van der Waals surface area contributed by atoms with Gasteiger partial charge < -0.3 is 9.47 Å². The Bertz CT molecular complexity index is 1200. The van der Waals surface area contributed by atoms with Crippen LogP contribution in [0.25, 0.3) is 6.08 Å². The molecule has 0 aliphatic carbocycles. The van der Waals surface area contributed by atoms with Crippen LogP contribution in [0.3, 0.4) is 0 Å². The van der Waals surface area contributed by atoms with Crippen LogP contribution in [0, 0.1) is 6.92 Å². The molecule has 0 spiro atoms. The maximum absolute atomic E-state index is 13.1. The first kappa shape index (κ1) is 20.1. The predicted octanol–water partition coefficient (Wildman–Crippen LogP) is 6.27. The van der Waals surface area contributed by atoms with Crippen molar-refractivity contribution in [2.75, 3.05) is 6.73 Å². The Balaban J connectivity index is 1.46. The minimum absolute atomic E-state index is 0.183. The first-order valence-corrected chi connectivity index (χ1v) is 10.7. The summed E-state index contributed by atoms with van der Waals surface area (Å²) in [5.41, 5.74) is 4.13. The Morgan fingerprint density at radius 2 is 1.77 bits per heavy atom. The van der Waals surface area contributed by atoms with E-state index in [2.05, 4.69) is 17.0 Å². The van der Waals surface area contributed by atoms with Gasteiger partial charge in [0.1, 0.15) is 18.2 Å². The fraction of sp³-hybridized carbons (Fsp3) is 0.160. The molecule has 5 rings (SSSR count). The van der Waals surface area contributed by atoms with Crippen molar-refractivity contribution >= 4 is 35.1 Å². The van der Waals surface area contributed by atoms with E-state index >= 15 is 0 Å². The molecule has 0 aromatic heterocycles. The number of rotatable bonds is 3. The lowest BCUT2D eigenvalue weighted by Crippen LogP contribution is -2.32. The van der Waals surface area contributed by atoms with Crippen LogP contribution in [0.1, 0.15) is 32.6 Å². The number of ether oxygens (including phenoxy) is 2. The smallest absolute Gasteiger partial charge is 0.231 e. The minimum atomic E-state index is -0.183. The zero-order valence-electron chi connectivity index (χ0n) is 16.8. The van der Waals surface area contributed by atoms with E-state index in [4.69, 9.17) is 32.7 Å². The van der Waals surface area contributed by atoms with Gasteiger partial charge >= 0.3 is 0 Å². The molecule has 3 aromatic carbocycles. The summed E-state index contributed by atoms with van der Waals surface area (Å²) in [4.78, 5) is 15.3. The summed E-state index contributed by atoms with van der Waals surface area (Å²) in [6, 6.07) is 17.3. The molecule has 156 valence electrons. The van der Waals surface area contributed by atoms with Crippen LogP contribution in [0.15, 0.2) is 60.4 Å². The average Bonchev–Trinajstić information content (AvgIpc) is 3.07. The van der Waals surface area contributed by atoms with Crippen LogP contribution in [0.2, 0.25) is 10.0 Å².